The summed E-state index contributed by atoms with van der Waals surface area (Å²) < 4.78 is 0. The highest BCUT2D eigenvalue weighted by Gasteiger charge is 2.42. The first-order valence-electron chi connectivity index (χ1n) is 50.1. The zero-order valence-electron chi connectivity index (χ0n) is 79.3. The van der Waals surface area contributed by atoms with Crippen LogP contribution < -0.4 is 0 Å². The van der Waals surface area contributed by atoms with Crippen LogP contribution in [0.25, 0.3) is 284 Å². The molecule has 0 bridgehead atoms. The van der Waals surface area contributed by atoms with Gasteiger partial charge in [-0.2, -0.15) is 0 Å². The standard InChI is InChI=1S/C48H28N4.C46H26N4.C41H23N5/c1-3-11-39-35(9-1)43(37-23-17-29-7-5-25-49-45(29)47(37)51-39)33-21-15-27-14-20-32-34(22-16-28-13-19-31(33)41(27)42(28)32)44-36-10-2-4-12-40(36)52-48-38(44)24-18-30-8-6-26-50-46(30)48;1-3-11-39-34(9-1)41(36-21-17-28-7-5-23-47-43(28)45(36)49-39)31-19-20-33-30(25-31)15-13-27-14-16-32(26-38(27)33)42-35-10-2-4-12-40(35)50-46-37(42)22-18-29-8-6-24-48-44(29)46;1-3-11-33-28(9-1)36(30-17-13-24-7-5-21-42-38(24)40(30)45-33)27-16-19-32-26(23-27)15-20-35(44-32)37-29-10-2-4-12-34(29)46-41-31(37)18-14-25-8-6-22-43-39(25)41/h1-26,41-42H;1-26H;1-23H. The fourth-order valence-electron chi connectivity index (χ4n) is 24.3. The van der Waals surface area contributed by atoms with E-state index in [4.69, 9.17) is 64.8 Å². The molecule has 4 aliphatic rings. The number of aromatic nitrogens is 13. The predicted molar refractivity (Wildman–Crippen MR) is 611 cm³/mol. The molecule has 0 spiro atoms. The molecule has 13 aromatic heterocycles. The van der Waals surface area contributed by atoms with Gasteiger partial charge in [-0.05, 0) is 175 Å². The van der Waals surface area contributed by atoms with Gasteiger partial charge in [-0.1, -0.05) is 316 Å². The smallest absolute Gasteiger partial charge is 0.0979 e. The molecule has 0 saturated carbocycles. The Hall–Kier alpha value is -19.9. The van der Waals surface area contributed by atoms with Crippen LogP contribution in [0.3, 0.4) is 0 Å². The molecule has 0 fully saturated rings. The Bertz CT molecular complexity index is 11100. The van der Waals surface area contributed by atoms with Crippen molar-refractivity contribution >= 4 is 240 Å². The lowest BCUT2D eigenvalue weighted by Crippen LogP contribution is -2.30. The van der Waals surface area contributed by atoms with E-state index >= 15 is 0 Å². The van der Waals surface area contributed by atoms with Crippen LogP contribution in [-0.2, 0) is 0 Å². The van der Waals surface area contributed by atoms with Gasteiger partial charge in [-0.15, -0.1) is 0 Å². The highest BCUT2D eigenvalue weighted by atomic mass is 14.8. The van der Waals surface area contributed by atoms with Gasteiger partial charge in [0.15, 0.2) is 0 Å². The highest BCUT2D eigenvalue weighted by molar-refractivity contribution is 6.25. The Kier molecular flexibility index (Phi) is 18.4. The van der Waals surface area contributed by atoms with Gasteiger partial charge >= 0.3 is 0 Å². The minimum Gasteiger partial charge on any atom is -0.254 e. The molecule has 29 aromatic rings. The second-order valence-corrected chi connectivity index (χ2v) is 38.8. The minimum absolute atomic E-state index is 0.183. The van der Waals surface area contributed by atoms with Crippen LogP contribution in [0.1, 0.15) is 11.1 Å². The molecule has 0 aliphatic heterocycles. The van der Waals surface area contributed by atoms with Crippen LogP contribution in [0.15, 0.2) is 478 Å². The van der Waals surface area contributed by atoms with E-state index in [1.165, 1.54) is 82.8 Å². The average Bonchev–Trinajstić information content (AvgIpc) is 0.707. The van der Waals surface area contributed by atoms with Gasteiger partial charge in [0.1, 0.15) is 0 Å². The lowest BCUT2D eigenvalue weighted by atomic mass is 9.61. The van der Waals surface area contributed by atoms with Crippen molar-refractivity contribution in [1.29, 1.82) is 0 Å². The monoisotopic (exact) mass is 1880 g/mol. The van der Waals surface area contributed by atoms with Crippen molar-refractivity contribution in [2.24, 2.45) is 11.8 Å². The van der Waals surface area contributed by atoms with E-state index in [2.05, 4.69) is 370 Å². The SMILES string of the molecule is C1=CC2=C(c3c4ccccc4nc4c3ccc3cccnc34)C=CC3=CC=C4C(c5c6ccccc6nc6c5ccc5cccnc56)=CC=C1C4C32.c1cnc2c(c1)ccc1c(-c3ccc4c(ccc5ccc(-c6c7ccccc7nc7c6ccc6cccnc67)cc54)c3)c3ccccc3nc12.c1cnc2c(c1)ccc1c(-c3ccc4nc(-c5c6ccccc6nc6c5ccc5cccnc56)ccc4c3)c3ccccc3nc12. The van der Waals surface area contributed by atoms with E-state index in [-0.39, 0.29) is 11.8 Å². The molecule has 682 valence electrons. The molecule has 13 heterocycles. The van der Waals surface area contributed by atoms with Crippen molar-refractivity contribution in [3.8, 4) is 44.6 Å². The molecular weight excluding hydrogens is 1800 g/mol. The van der Waals surface area contributed by atoms with Crippen molar-refractivity contribution in [3.63, 3.8) is 0 Å². The lowest BCUT2D eigenvalue weighted by molar-refractivity contribution is 0.569. The van der Waals surface area contributed by atoms with Gasteiger partial charge in [0.2, 0.25) is 0 Å². The van der Waals surface area contributed by atoms with Crippen molar-refractivity contribution < 1.29 is 0 Å². The van der Waals surface area contributed by atoms with E-state index in [1.54, 1.807) is 0 Å². The quantitative estimate of drug-likeness (QED) is 0.114. The third kappa shape index (κ3) is 12.9. The third-order valence-electron chi connectivity index (χ3n) is 30.9. The fraction of sp³-hybridized carbons (Fsp3) is 0.0148. The van der Waals surface area contributed by atoms with E-state index in [0.29, 0.717) is 0 Å². The Morgan fingerprint density at radius 1 is 0.169 bits per heavy atom. The van der Waals surface area contributed by atoms with Crippen LogP contribution in [0.4, 0.5) is 0 Å². The van der Waals surface area contributed by atoms with Gasteiger partial charge in [0, 0.05) is 185 Å². The number of allylic oxidation sites excluding steroid dienone is 14. The van der Waals surface area contributed by atoms with Crippen LogP contribution >= 0.6 is 0 Å². The van der Waals surface area contributed by atoms with Gasteiger partial charge in [-0.25, -0.2) is 34.9 Å². The number of pyridine rings is 13. The normalized spacial score (nSPS) is 14.4. The van der Waals surface area contributed by atoms with Crippen molar-refractivity contribution in [3.05, 3.63) is 489 Å². The second-order valence-electron chi connectivity index (χ2n) is 38.8. The molecule has 0 saturated heterocycles. The molecule has 16 aromatic carbocycles. The summed E-state index contributed by atoms with van der Waals surface area (Å²) in [5, 5.41) is 25.8. The zero-order chi connectivity index (χ0) is 96.9. The van der Waals surface area contributed by atoms with Gasteiger partial charge < -0.3 is 0 Å². The number of nitrogens with zero attached hydrogens (tertiary/aromatic N) is 13. The van der Waals surface area contributed by atoms with Gasteiger partial charge in [-0.3, -0.25) is 29.9 Å². The van der Waals surface area contributed by atoms with E-state index < -0.39 is 0 Å². The van der Waals surface area contributed by atoms with Gasteiger partial charge in [0.05, 0.1) is 111 Å². The molecule has 4 aliphatic carbocycles. The molecule has 13 nitrogen and oxygen atoms in total. The molecule has 148 heavy (non-hydrogen) atoms. The van der Waals surface area contributed by atoms with Crippen molar-refractivity contribution in [1.82, 2.24) is 64.8 Å². The maximum atomic E-state index is 5.26. The van der Waals surface area contributed by atoms with E-state index in [9.17, 15) is 0 Å². The first-order valence-corrected chi connectivity index (χ1v) is 50.1. The summed E-state index contributed by atoms with van der Waals surface area (Å²) in [5.74, 6) is 0.366. The summed E-state index contributed by atoms with van der Waals surface area (Å²) in [6, 6.07) is 130. The Balaban J connectivity index is 0.000000101. The van der Waals surface area contributed by atoms with E-state index in [1.807, 2.05) is 85.7 Å². The zero-order valence-corrected chi connectivity index (χ0v) is 79.3. The number of hydrogen-bond donors (Lipinski definition) is 0. The summed E-state index contributed by atoms with van der Waals surface area (Å²) >= 11 is 0. The Labute approximate surface area is 844 Å². The first-order chi connectivity index (χ1) is 73.4. The Morgan fingerprint density at radius 2 is 0.486 bits per heavy atom. The number of rotatable bonds is 6. The molecular formula is C135H77N13. The number of hydrogen-bond acceptors (Lipinski definition) is 13. The van der Waals surface area contributed by atoms with Crippen LogP contribution in [-0.4, -0.2) is 64.8 Å². The highest BCUT2D eigenvalue weighted by Crippen LogP contribution is 2.57. The number of benzene rings is 16. The Morgan fingerprint density at radius 3 is 0.932 bits per heavy atom. The summed E-state index contributed by atoms with van der Waals surface area (Å²) in [6.45, 7) is 0. The molecule has 0 amide bonds. The largest absolute Gasteiger partial charge is 0.254 e. The first kappa shape index (κ1) is 82.8. The molecule has 2 unspecified atom stereocenters. The molecule has 2 atom stereocenters. The number of para-hydroxylation sites is 6. The predicted octanol–water partition coefficient (Wildman–Crippen LogP) is 33.1. The summed E-state index contributed by atoms with van der Waals surface area (Å²) in [6.07, 6.45) is 29.9. The summed E-state index contributed by atoms with van der Waals surface area (Å²) in [4.78, 5) is 64.6. The minimum atomic E-state index is 0.183. The second kappa shape index (κ2) is 32.8. The maximum absolute atomic E-state index is 5.26. The topological polar surface area (TPSA) is 168 Å². The van der Waals surface area contributed by atoms with Crippen molar-refractivity contribution in [2.45, 2.75) is 0 Å². The van der Waals surface area contributed by atoms with Crippen LogP contribution in [0, 0.1) is 11.8 Å². The fourth-order valence-corrected chi connectivity index (χ4v) is 24.3. The van der Waals surface area contributed by atoms with Gasteiger partial charge in [0.25, 0.3) is 0 Å². The third-order valence-corrected chi connectivity index (χ3v) is 30.9. The molecule has 0 radical (unpaired) electrons. The molecule has 13 heteroatoms. The lowest BCUT2D eigenvalue weighted by Gasteiger charge is -2.42. The molecule has 0 N–H and O–H groups in total. The van der Waals surface area contributed by atoms with E-state index in [0.717, 1.165) is 235 Å². The maximum Gasteiger partial charge on any atom is 0.0979 e. The number of fused-ring (bicyclic) bond motifs is 28. The van der Waals surface area contributed by atoms with Crippen LogP contribution in [0.5, 0.6) is 0 Å². The molecule has 33 rings (SSSR count). The summed E-state index contributed by atoms with van der Waals surface area (Å²) in [5.41, 5.74) is 37.1. The summed E-state index contributed by atoms with van der Waals surface area (Å²) in [7, 11) is 0. The average molecular weight is 1880 g/mol. The van der Waals surface area contributed by atoms with Crippen molar-refractivity contribution in [2.75, 3.05) is 0 Å². The van der Waals surface area contributed by atoms with Crippen LogP contribution in [0.2, 0.25) is 0 Å².